The highest BCUT2D eigenvalue weighted by Crippen LogP contribution is 2.45. The number of nitrogens with zero attached hydrogens (tertiary/aromatic N) is 7. The molecule has 7 heteroatoms. The van der Waals surface area contributed by atoms with Crippen molar-refractivity contribution in [2.45, 2.75) is 0 Å². The normalized spacial score (nSPS) is 15.0. The van der Waals surface area contributed by atoms with Gasteiger partial charge in [0.15, 0.2) is 0 Å². The maximum atomic E-state index is 9.61. The second-order valence-electron chi connectivity index (χ2n) is 8.44. The summed E-state index contributed by atoms with van der Waals surface area (Å²) >= 11 is 0. The Kier molecular flexibility index (Phi) is 3.91. The molecule has 0 radical (unpaired) electrons. The topological polar surface area (TPSA) is 103 Å². The summed E-state index contributed by atoms with van der Waals surface area (Å²) in [5.41, 5.74) is 9.32. The minimum Gasteiger partial charge on any atom is -0.245 e. The van der Waals surface area contributed by atoms with Crippen LogP contribution in [0.4, 0.5) is 0 Å². The first kappa shape index (κ1) is 19.7. The first-order valence-electron chi connectivity index (χ1n) is 11.1. The zero-order valence-electron chi connectivity index (χ0n) is 18.5. The van der Waals surface area contributed by atoms with Gasteiger partial charge in [-0.2, -0.15) is 10.3 Å². The number of hydrogen-bond acceptors (Lipinski definition) is 6. The molecule has 2 aliphatic rings. The molecule has 3 aromatic carbocycles. The van der Waals surface area contributed by atoms with Crippen LogP contribution in [0.25, 0.3) is 54.7 Å². The second kappa shape index (κ2) is 7.14. The van der Waals surface area contributed by atoms with Crippen LogP contribution in [-0.2, 0) is 0 Å². The first-order valence-corrected chi connectivity index (χ1v) is 11.1. The van der Waals surface area contributed by atoms with Crippen molar-refractivity contribution in [1.82, 2.24) is 15.0 Å². The molecule has 0 N–H and O–H groups in total. The fourth-order valence-corrected chi connectivity index (χ4v) is 5.10. The quantitative estimate of drug-likeness (QED) is 0.127. The standard InChI is InChI=1S/C29H11N7/c1-32-24(13-30)25-17-7-3-5-9-19(17)27-29(25)36-23-12-21-15(11-22(23)35-27)10-20-16-6-2-4-8-18(16)26(33-14-31)28(20)34-21/h2-12H/b25-24+,33-26?. The molecule has 162 valence electrons. The minimum atomic E-state index is -0.0123. The van der Waals surface area contributed by atoms with Gasteiger partial charge < -0.3 is 0 Å². The van der Waals surface area contributed by atoms with Crippen LogP contribution in [0.15, 0.2) is 77.4 Å². The molecule has 0 atom stereocenters. The van der Waals surface area contributed by atoms with Crippen LogP contribution in [0.3, 0.4) is 0 Å². The zero-order chi connectivity index (χ0) is 24.4. The summed E-state index contributed by atoms with van der Waals surface area (Å²) in [5.74, 6) is 0. The number of nitriles is 2. The fourth-order valence-electron chi connectivity index (χ4n) is 5.10. The number of pyridine rings is 1. The summed E-state index contributed by atoms with van der Waals surface area (Å²) in [4.78, 5) is 22.2. The predicted molar refractivity (Wildman–Crippen MR) is 135 cm³/mol. The van der Waals surface area contributed by atoms with Crippen molar-refractivity contribution in [3.8, 4) is 34.6 Å². The van der Waals surface area contributed by atoms with Gasteiger partial charge in [0, 0.05) is 27.6 Å². The summed E-state index contributed by atoms with van der Waals surface area (Å²) in [6.07, 6.45) is 1.90. The van der Waals surface area contributed by atoms with Crippen molar-refractivity contribution >= 4 is 33.2 Å². The van der Waals surface area contributed by atoms with Crippen molar-refractivity contribution in [3.63, 3.8) is 0 Å². The summed E-state index contributed by atoms with van der Waals surface area (Å²) in [6, 6.07) is 23.3. The second-order valence-corrected chi connectivity index (χ2v) is 8.44. The van der Waals surface area contributed by atoms with E-state index in [-0.39, 0.29) is 5.70 Å². The molecule has 2 aromatic heterocycles. The van der Waals surface area contributed by atoms with Gasteiger partial charge in [-0.05, 0) is 29.3 Å². The number of aliphatic imine (C=N–C) groups is 1. The van der Waals surface area contributed by atoms with Crippen molar-refractivity contribution in [1.29, 1.82) is 10.5 Å². The number of allylic oxidation sites excluding steroid dienone is 1. The van der Waals surface area contributed by atoms with Crippen LogP contribution in [0, 0.1) is 29.4 Å². The molecule has 7 nitrogen and oxygen atoms in total. The molecule has 0 spiro atoms. The predicted octanol–water partition coefficient (Wildman–Crippen LogP) is 5.66. The van der Waals surface area contributed by atoms with Crippen molar-refractivity contribution in [2.75, 3.05) is 0 Å². The molecule has 36 heavy (non-hydrogen) atoms. The number of aromatic nitrogens is 3. The SMILES string of the molecule is [C-]#[N+]/C(C#N)=C1\c2ccccc2-c2nc3cc4cc5c(nc4cc3nc21)C(=NC#N)c1ccccc1-5. The van der Waals surface area contributed by atoms with Gasteiger partial charge in [0.1, 0.15) is 5.71 Å². The van der Waals surface area contributed by atoms with Gasteiger partial charge in [0.05, 0.1) is 46.3 Å². The molecule has 2 heterocycles. The summed E-state index contributed by atoms with van der Waals surface area (Å²) in [7, 11) is 0. The molecule has 5 aromatic rings. The molecular formula is C29H11N7. The maximum absolute atomic E-state index is 9.61. The fraction of sp³-hybridized carbons (Fsp3) is 0. The van der Waals surface area contributed by atoms with Crippen LogP contribution >= 0.6 is 0 Å². The molecule has 0 unspecified atom stereocenters. The van der Waals surface area contributed by atoms with E-state index in [0.717, 1.165) is 33.2 Å². The van der Waals surface area contributed by atoms with E-state index >= 15 is 0 Å². The third kappa shape index (κ3) is 2.53. The molecule has 0 saturated heterocycles. The van der Waals surface area contributed by atoms with Crippen molar-refractivity contribution in [2.24, 2.45) is 4.99 Å². The Morgan fingerprint density at radius 2 is 1.39 bits per heavy atom. The first-order chi connectivity index (χ1) is 17.7. The number of hydrogen-bond donors (Lipinski definition) is 0. The van der Waals surface area contributed by atoms with Gasteiger partial charge in [0.2, 0.25) is 6.19 Å². The average molecular weight is 457 g/mol. The van der Waals surface area contributed by atoms with E-state index in [1.165, 1.54) is 0 Å². The van der Waals surface area contributed by atoms with Crippen molar-refractivity contribution in [3.05, 3.63) is 106 Å². The van der Waals surface area contributed by atoms with Crippen LogP contribution < -0.4 is 0 Å². The van der Waals surface area contributed by atoms with Crippen LogP contribution in [0.2, 0.25) is 0 Å². The van der Waals surface area contributed by atoms with Gasteiger partial charge in [0.25, 0.3) is 5.70 Å². The van der Waals surface area contributed by atoms with E-state index in [0.29, 0.717) is 44.9 Å². The lowest BCUT2D eigenvalue weighted by molar-refractivity contribution is 1.27. The van der Waals surface area contributed by atoms with Crippen LogP contribution in [-0.4, -0.2) is 20.7 Å². The van der Waals surface area contributed by atoms with Crippen LogP contribution in [0.5, 0.6) is 0 Å². The molecule has 0 aliphatic heterocycles. The number of fused-ring (bicyclic) bond motifs is 8. The molecule has 0 fully saturated rings. The Labute approximate surface area is 204 Å². The average Bonchev–Trinajstić information content (AvgIpc) is 3.38. The highest BCUT2D eigenvalue weighted by Gasteiger charge is 2.30. The Hall–Kier alpha value is -5.71. The van der Waals surface area contributed by atoms with Gasteiger partial charge in [-0.1, -0.05) is 48.5 Å². The summed E-state index contributed by atoms with van der Waals surface area (Å²) in [5, 5.41) is 19.8. The van der Waals surface area contributed by atoms with Crippen molar-refractivity contribution < 1.29 is 0 Å². The molecule has 2 aliphatic carbocycles. The van der Waals surface area contributed by atoms with Crippen LogP contribution in [0.1, 0.15) is 22.5 Å². The smallest absolute Gasteiger partial charge is 0.245 e. The number of benzene rings is 3. The molecular weight excluding hydrogens is 446 g/mol. The van der Waals surface area contributed by atoms with E-state index in [1.807, 2.05) is 72.9 Å². The third-order valence-electron chi connectivity index (χ3n) is 6.60. The highest BCUT2D eigenvalue weighted by molar-refractivity contribution is 6.24. The van der Waals surface area contributed by atoms with Gasteiger partial charge in [-0.3, -0.25) is 0 Å². The third-order valence-corrected chi connectivity index (χ3v) is 6.60. The number of rotatable bonds is 0. The van der Waals surface area contributed by atoms with Gasteiger partial charge in [-0.15, -0.1) is 0 Å². The Balaban J connectivity index is 1.53. The van der Waals surface area contributed by atoms with E-state index in [1.54, 1.807) is 0 Å². The Morgan fingerprint density at radius 3 is 2.14 bits per heavy atom. The molecule has 0 saturated carbocycles. The van der Waals surface area contributed by atoms with E-state index in [2.05, 4.69) is 15.9 Å². The van der Waals surface area contributed by atoms with E-state index in [4.69, 9.17) is 21.5 Å². The largest absolute Gasteiger partial charge is 0.271 e. The Bertz CT molecular complexity index is 2010. The summed E-state index contributed by atoms with van der Waals surface area (Å²) < 4.78 is 0. The maximum Gasteiger partial charge on any atom is 0.271 e. The van der Waals surface area contributed by atoms with Gasteiger partial charge >= 0.3 is 0 Å². The molecule has 7 rings (SSSR count). The zero-order valence-corrected chi connectivity index (χ0v) is 18.5. The van der Waals surface area contributed by atoms with Gasteiger partial charge in [-0.25, -0.2) is 25.1 Å². The summed E-state index contributed by atoms with van der Waals surface area (Å²) in [6.45, 7) is 7.51. The van der Waals surface area contributed by atoms with E-state index < -0.39 is 0 Å². The Morgan fingerprint density at radius 1 is 0.722 bits per heavy atom. The lowest BCUT2D eigenvalue weighted by atomic mass is 10.0. The lowest BCUT2D eigenvalue weighted by Gasteiger charge is -2.08. The molecule has 0 amide bonds. The lowest BCUT2D eigenvalue weighted by Crippen LogP contribution is -2.01. The van der Waals surface area contributed by atoms with E-state index in [9.17, 15) is 10.5 Å². The highest BCUT2D eigenvalue weighted by atomic mass is 14.9. The monoisotopic (exact) mass is 457 g/mol. The molecule has 0 bridgehead atoms. The minimum absolute atomic E-state index is 0.0123.